The molecule has 0 radical (unpaired) electrons. The van der Waals surface area contributed by atoms with E-state index in [0.717, 1.165) is 31.3 Å². The van der Waals surface area contributed by atoms with E-state index >= 15 is 4.39 Å². The Bertz CT molecular complexity index is 1470. The van der Waals surface area contributed by atoms with Gasteiger partial charge in [0.15, 0.2) is 11.2 Å². The van der Waals surface area contributed by atoms with E-state index in [-0.39, 0.29) is 41.7 Å². The Morgan fingerprint density at radius 1 is 1.33 bits per heavy atom. The summed E-state index contributed by atoms with van der Waals surface area (Å²) in [6.07, 6.45) is 2.86. The van der Waals surface area contributed by atoms with Crippen LogP contribution in [0.3, 0.4) is 0 Å². The van der Waals surface area contributed by atoms with Gasteiger partial charge in [0.1, 0.15) is 5.69 Å². The van der Waals surface area contributed by atoms with E-state index < -0.39 is 11.9 Å². The minimum Gasteiger partial charge on any atom is -0.389 e. The quantitative estimate of drug-likeness (QED) is 0.491. The van der Waals surface area contributed by atoms with E-state index in [1.807, 2.05) is 13.0 Å². The molecule has 2 aliphatic heterocycles. The molecule has 0 amide bonds. The van der Waals surface area contributed by atoms with Gasteiger partial charge in [0.05, 0.1) is 42.5 Å². The first kappa shape index (κ1) is 27.2. The number of nitrogens with zero attached hydrogens (tertiary/aromatic N) is 5. The van der Waals surface area contributed by atoms with Gasteiger partial charge in [-0.05, 0) is 58.7 Å². The number of pyridine rings is 1. The Kier molecular flexibility index (Phi) is 7.93. The maximum Gasteiger partial charge on any atom is 0.223 e. The topological polar surface area (TPSA) is 116 Å². The third-order valence-electron chi connectivity index (χ3n) is 7.80. The number of likely N-dealkylation sites (tertiary alicyclic amines) is 1. The molecule has 2 aliphatic rings. The number of benzene rings is 1. The number of nitrogens with one attached hydrogen (secondary N) is 1. The molecule has 2 aromatic heterocycles. The predicted octanol–water partition coefficient (Wildman–Crippen LogP) is 3.78. The second kappa shape index (κ2) is 11.4. The zero-order valence-electron chi connectivity index (χ0n) is 22.7. The SMILES string of the molecule is Cc1c(CN2CCC[C@@H](C#N)C2)n(C(C)C)c2cc(-c3nc(N[C@@H]4CCOC[C@H]4O)ncc3F)ccc2c1=O. The lowest BCUT2D eigenvalue weighted by molar-refractivity contribution is -0.0136. The normalized spacial score (nSPS) is 22.2. The number of rotatable bonds is 6. The largest absolute Gasteiger partial charge is 0.389 e. The number of aromatic nitrogens is 3. The number of fused-ring (bicyclic) bond motifs is 1. The second-order valence-electron chi connectivity index (χ2n) is 10.9. The number of piperidine rings is 1. The Morgan fingerprint density at radius 2 is 2.15 bits per heavy atom. The van der Waals surface area contributed by atoms with Gasteiger partial charge in [-0.1, -0.05) is 6.07 Å². The number of aliphatic hydroxyl groups is 1. The molecule has 1 aromatic carbocycles. The van der Waals surface area contributed by atoms with Crippen molar-refractivity contribution in [2.24, 2.45) is 5.92 Å². The van der Waals surface area contributed by atoms with E-state index in [1.54, 1.807) is 12.1 Å². The van der Waals surface area contributed by atoms with Gasteiger partial charge < -0.3 is 19.7 Å². The molecule has 2 fully saturated rings. The molecule has 0 spiro atoms. The van der Waals surface area contributed by atoms with Crippen LogP contribution >= 0.6 is 0 Å². The molecule has 2 N–H and O–H groups in total. The Hall–Kier alpha value is -3.39. The van der Waals surface area contributed by atoms with Crippen molar-refractivity contribution in [2.45, 2.75) is 64.8 Å². The van der Waals surface area contributed by atoms with Crippen LogP contribution < -0.4 is 10.7 Å². The highest BCUT2D eigenvalue weighted by Crippen LogP contribution is 2.29. The Morgan fingerprint density at radius 3 is 2.90 bits per heavy atom. The minimum absolute atomic E-state index is 0.00358. The fourth-order valence-corrected chi connectivity index (χ4v) is 5.73. The molecular formula is C29H35FN6O3. The second-order valence-corrected chi connectivity index (χ2v) is 10.9. The molecule has 2 saturated heterocycles. The number of anilines is 1. The zero-order chi connectivity index (χ0) is 27.7. The number of hydrogen-bond acceptors (Lipinski definition) is 8. The fraction of sp³-hybridized carbons (Fsp3) is 0.517. The van der Waals surface area contributed by atoms with Crippen molar-refractivity contribution >= 4 is 16.9 Å². The molecule has 3 atom stereocenters. The number of nitriles is 1. The van der Waals surface area contributed by atoms with Crippen LogP contribution in [-0.2, 0) is 11.3 Å². The standard InChI is InChI=1S/C29H35FN6O3/c1-17(2)36-24-11-20(27-22(30)13-32-29(34-27)33-23-8-10-39-16-26(23)37)6-7-21(24)28(38)18(3)25(36)15-35-9-4-5-19(12-31)14-35/h6-7,11,13,17,19,23,26,37H,4-5,8-10,14-16H2,1-3H3,(H,32,33,34)/t19-,23+,26+/m0/s1. The van der Waals surface area contributed by atoms with Crippen LogP contribution in [0.4, 0.5) is 10.3 Å². The maximum absolute atomic E-state index is 15.0. The molecule has 0 bridgehead atoms. The summed E-state index contributed by atoms with van der Waals surface area (Å²) in [5, 5.41) is 23.4. The molecule has 4 heterocycles. The van der Waals surface area contributed by atoms with Gasteiger partial charge in [0, 0.05) is 47.9 Å². The minimum atomic E-state index is -0.706. The lowest BCUT2D eigenvalue weighted by Crippen LogP contribution is -2.42. The first-order valence-corrected chi connectivity index (χ1v) is 13.6. The molecule has 0 saturated carbocycles. The van der Waals surface area contributed by atoms with Gasteiger partial charge in [-0.25, -0.2) is 14.4 Å². The van der Waals surface area contributed by atoms with Crippen LogP contribution in [0.5, 0.6) is 0 Å². The van der Waals surface area contributed by atoms with Crippen molar-refractivity contribution in [1.29, 1.82) is 5.26 Å². The molecule has 39 heavy (non-hydrogen) atoms. The number of ether oxygens (including phenoxy) is 1. The fourth-order valence-electron chi connectivity index (χ4n) is 5.73. The summed E-state index contributed by atoms with van der Waals surface area (Å²) in [4.78, 5) is 24.3. The summed E-state index contributed by atoms with van der Waals surface area (Å²) in [5.74, 6) is -0.356. The van der Waals surface area contributed by atoms with Crippen molar-refractivity contribution in [3.63, 3.8) is 0 Å². The molecule has 5 rings (SSSR count). The van der Waals surface area contributed by atoms with Crippen molar-refractivity contribution in [2.75, 3.05) is 31.6 Å². The molecule has 10 heteroatoms. The van der Waals surface area contributed by atoms with Crippen LogP contribution in [0.15, 0.2) is 29.2 Å². The van der Waals surface area contributed by atoms with Crippen LogP contribution in [0.2, 0.25) is 0 Å². The van der Waals surface area contributed by atoms with Gasteiger partial charge in [0.2, 0.25) is 5.95 Å². The van der Waals surface area contributed by atoms with E-state index in [9.17, 15) is 15.2 Å². The van der Waals surface area contributed by atoms with Crippen molar-refractivity contribution in [3.8, 4) is 17.3 Å². The Balaban J connectivity index is 1.56. The number of hydrogen-bond donors (Lipinski definition) is 2. The zero-order valence-corrected chi connectivity index (χ0v) is 22.7. The lowest BCUT2D eigenvalue weighted by atomic mass is 9.98. The van der Waals surface area contributed by atoms with Gasteiger partial charge in [-0.3, -0.25) is 9.69 Å². The van der Waals surface area contributed by atoms with E-state index in [2.05, 4.69) is 44.7 Å². The highest BCUT2D eigenvalue weighted by atomic mass is 19.1. The van der Waals surface area contributed by atoms with Crippen molar-refractivity contribution in [1.82, 2.24) is 19.4 Å². The smallest absolute Gasteiger partial charge is 0.223 e. The highest BCUT2D eigenvalue weighted by Gasteiger charge is 2.26. The first-order chi connectivity index (χ1) is 18.8. The number of aliphatic hydroxyl groups excluding tert-OH is 1. The average Bonchev–Trinajstić information content (AvgIpc) is 2.93. The van der Waals surface area contributed by atoms with Crippen LogP contribution in [0.25, 0.3) is 22.2 Å². The maximum atomic E-state index is 15.0. The van der Waals surface area contributed by atoms with Gasteiger partial charge in [-0.2, -0.15) is 5.26 Å². The monoisotopic (exact) mass is 534 g/mol. The lowest BCUT2D eigenvalue weighted by Gasteiger charge is -2.32. The summed E-state index contributed by atoms with van der Waals surface area (Å²) in [6.45, 7) is 8.87. The van der Waals surface area contributed by atoms with Crippen molar-refractivity contribution in [3.05, 3.63) is 51.7 Å². The molecule has 9 nitrogen and oxygen atoms in total. The highest BCUT2D eigenvalue weighted by molar-refractivity contribution is 5.85. The molecule has 206 valence electrons. The Labute approximate surface area is 227 Å². The molecular weight excluding hydrogens is 499 g/mol. The van der Waals surface area contributed by atoms with Crippen molar-refractivity contribution < 1.29 is 14.2 Å². The van der Waals surface area contributed by atoms with Crippen LogP contribution in [0.1, 0.15) is 50.4 Å². The van der Waals surface area contributed by atoms with Gasteiger partial charge >= 0.3 is 0 Å². The third kappa shape index (κ3) is 5.53. The van der Waals surface area contributed by atoms with Gasteiger partial charge in [-0.15, -0.1) is 0 Å². The van der Waals surface area contributed by atoms with E-state index in [1.165, 1.54) is 0 Å². The molecule has 3 aromatic rings. The molecule has 0 aliphatic carbocycles. The predicted molar refractivity (Wildman–Crippen MR) is 147 cm³/mol. The summed E-state index contributed by atoms with van der Waals surface area (Å²) >= 11 is 0. The first-order valence-electron chi connectivity index (χ1n) is 13.6. The van der Waals surface area contributed by atoms with Gasteiger partial charge in [0.25, 0.3) is 0 Å². The van der Waals surface area contributed by atoms with E-state index in [0.29, 0.717) is 48.1 Å². The van der Waals surface area contributed by atoms with E-state index in [4.69, 9.17) is 4.74 Å². The van der Waals surface area contributed by atoms with Crippen LogP contribution in [-0.4, -0.2) is 63.0 Å². The number of halogens is 1. The summed E-state index contributed by atoms with van der Waals surface area (Å²) in [6, 6.07) is 7.42. The average molecular weight is 535 g/mol. The molecule has 0 unspecified atom stereocenters. The summed E-state index contributed by atoms with van der Waals surface area (Å²) in [7, 11) is 0. The third-order valence-corrected chi connectivity index (χ3v) is 7.80. The summed E-state index contributed by atoms with van der Waals surface area (Å²) in [5.41, 5.74) is 2.93. The summed E-state index contributed by atoms with van der Waals surface area (Å²) < 4.78 is 22.5. The van der Waals surface area contributed by atoms with Crippen LogP contribution in [0, 0.1) is 30.0 Å².